The van der Waals surface area contributed by atoms with Gasteiger partial charge >= 0.3 is 0 Å². The summed E-state index contributed by atoms with van der Waals surface area (Å²) in [6.45, 7) is 8.07. The number of benzene rings is 3. The molecule has 2 heterocycles. The molecule has 41 heavy (non-hydrogen) atoms. The molecule has 0 saturated carbocycles. The van der Waals surface area contributed by atoms with Crippen LogP contribution in [0.5, 0.6) is 0 Å². The number of nitrogens with one attached hydrogen (secondary N) is 2. The van der Waals surface area contributed by atoms with Gasteiger partial charge in [-0.1, -0.05) is 80.4 Å². The van der Waals surface area contributed by atoms with Gasteiger partial charge in [0, 0.05) is 50.1 Å². The Bertz CT molecular complexity index is 1270. The maximum atomic E-state index is 14.0. The average Bonchev–Trinajstić information content (AvgIpc) is 3.17. The van der Waals surface area contributed by atoms with Gasteiger partial charge in [-0.15, -0.1) is 0 Å². The maximum absolute atomic E-state index is 14.0. The van der Waals surface area contributed by atoms with Crippen LogP contribution in [-0.2, 0) is 4.79 Å². The van der Waals surface area contributed by atoms with Crippen molar-refractivity contribution in [3.8, 4) is 0 Å². The summed E-state index contributed by atoms with van der Waals surface area (Å²) in [7, 11) is 0. The number of nitrogens with zero attached hydrogens (tertiary/aromatic N) is 2. The first-order chi connectivity index (χ1) is 20.1. The number of fused-ring (bicyclic) bond motifs is 1. The predicted molar refractivity (Wildman–Crippen MR) is 167 cm³/mol. The number of hydrogen-bond acceptors (Lipinski definition) is 4. The number of carbonyl (C=O) groups excluding carboxylic acids is 2. The van der Waals surface area contributed by atoms with Crippen LogP contribution in [0.2, 0.25) is 0 Å². The van der Waals surface area contributed by atoms with E-state index in [-0.39, 0.29) is 23.8 Å². The molecule has 3 aromatic rings. The largest absolute Gasteiger partial charge is 0.352 e. The minimum absolute atomic E-state index is 0.0623. The van der Waals surface area contributed by atoms with Gasteiger partial charge in [0.05, 0.1) is 6.04 Å². The minimum Gasteiger partial charge on any atom is -0.352 e. The number of piperidine rings is 1. The van der Waals surface area contributed by atoms with Crippen LogP contribution in [0.15, 0.2) is 72.8 Å². The fourth-order valence-electron chi connectivity index (χ4n) is 6.48. The Hall–Kier alpha value is -3.22. The summed E-state index contributed by atoms with van der Waals surface area (Å²) < 4.78 is 0. The van der Waals surface area contributed by atoms with Crippen LogP contribution >= 0.6 is 0 Å². The van der Waals surface area contributed by atoms with E-state index >= 15 is 0 Å². The predicted octanol–water partition coefficient (Wildman–Crippen LogP) is 5.45. The molecule has 5 rings (SSSR count). The van der Waals surface area contributed by atoms with E-state index in [0.29, 0.717) is 37.7 Å². The lowest BCUT2D eigenvalue weighted by Crippen LogP contribution is -2.46. The van der Waals surface area contributed by atoms with Gasteiger partial charge in [0.1, 0.15) is 0 Å². The maximum Gasteiger partial charge on any atom is 0.251 e. The molecule has 2 fully saturated rings. The Morgan fingerprint density at radius 1 is 0.976 bits per heavy atom. The van der Waals surface area contributed by atoms with Crippen molar-refractivity contribution < 1.29 is 9.59 Å². The van der Waals surface area contributed by atoms with Crippen molar-refractivity contribution in [2.75, 3.05) is 45.8 Å². The first-order valence-electron chi connectivity index (χ1n) is 15.7. The van der Waals surface area contributed by atoms with Crippen LogP contribution in [0.1, 0.15) is 67.3 Å². The van der Waals surface area contributed by atoms with Gasteiger partial charge in [-0.3, -0.25) is 9.59 Å². The number of rotatable bonds is 11. The standard InChI is InChI=1S/C35H46N4O2/c1-2-11-32(28-12-5-3-6-13-28)26-39-25-27(23-36-33(35(39)41)18-21-38-19-9-4-10-20-38)24-37-34(40)31-17-16-29-14-7-8-15-30(29)22-31/h3,5-8,12-17,22,27,32-33,36H,2,4,9-11,18-21,23-26H2,1H3,(H,37,40)/t27-,32-,33-/m0/s1. The summed E-state index contributed by atoms with van der Waals surface area (Å²) >= 11 is 0. The number of likely N-dealkylation sites (tertiary alicyclic amines) is 1. The van der Waals surface area contributed by atoms with E-state index in [1.807, 2.05) is 36.4 Å². The van der Waals surface area contributed by atoms with Gasteiger partial charge in [-0.25, -0.2) is 0 Å². The lowest BCUT2D eigenvalue weighted by Gasteiger charge is -2.31. The second-order valence-electron chi connectivity index (χ2n) is 11.9. The Kier molecular flexibility index (Phi) is 10.4. The smallest absolute Gasteiger partial charge is 0.251 e. The van der Waals surface area contributed by atoms with E-state index in [1.165, 1.54) is 24.8 Å². The molecule has 2 aliphatic heterocycles. The number of carbonyl (C=O) groups is 2. The molecular weight excluding hydrogens is 508 g/mol. The summed E-state index contributed by atoms with van der Waals surface area (Å²) in [5.41, 5.74) is 1.97. The second-order valence-corrected chi connectivity index (χ2v) is 11.9. The van der Waals surface area contributed by atoms with E-state index in [1.54, 1.807) is 0 Å². The molecule has 3 aromatic carbocycles. The van der Waals surface area contributed by atoms with Gasteiger partial charge in [-0.05, 0) is 67.2 Å². The van der Waals surface area contributed by atoms with Crippen LogP contribution in [0.3, 0.4) is 0 Å². The second kappa shape index (κ2) is 14.6. The van der Waals surface area contributed by atoms with Crippen LogP contribution in [-0.4, -0.2) is 73.5 Å². The van der Waals surface area contributed by atoms with E-state index in [2.05, 4.69) is 63.8 Å². The van der Waals surface area contributed by atoms with E-state index < -0.39 is 0 Å². The molecule has 3 atom stereocenters. The molecule has 218 valence electrons. The third-order valence-electron chi connectivity index (χ3n) is 8.84. The number of hydrogen-bond donors (Lipinski definition) is 2. The van der Waals surface area contributed by atoms with Crippen molar-refractivity contribution in [3.05, 3.63) is 83.9 Å². The lowest BCUT2D eigenvalue weighted by molar-refractivity contribution is -0.133. The highest BCUT2D eigenvalue weighted by Crippen LogP contribution is 2.25. The first kappa shape index (κ1) is 29.3. The quantitative estimate of drug-likeness (QED) is 0.331. The summed E-state index contributed by atoms with van der Waals surface area (Å²) in [6.07, 6.45) is 6.78. The van der Waals surface area contributed by atoms with Crippen molar-refractivity contribution in [2.24, 2.45) is 5.92 Å². The molecule has 0 unspecified atom stereocenters. The SMILES string of the molecule is CCC[C@@H](CN1C[C@H](CNC(=O)c2ccc3ccccc3c2)CN[C@@H](CCN2CCCCC2)C1=O)c1ccccc1. The molecule has 0 bridgehead atoms. The molecule has 0 radical (unpaired) electrons. The molecule has 2 aliphatic rings. The molecule has 2 amide bonds. The highest BCUT2D eigenvalue weighted by molar-refractivity contribution is 5.98. The molecule has 0 spiro atoms. The fourth-order valence-corrected chi connectivity index (χ4v) is 6.48. The van der Waals surface area contributed by atoms with Gasteiger partial charge in [0.2, 0.25) is 5.91 Å². The topological polar surface area (TPSA) is 64.7 Å². The monoisotopic (exact) mass is 554 g/mol. The van der Waals surface area contributed by atoms with Gasteiger partial charge < -0.3 is 20.4 Å². The summed E-state index contributed by atoms with van der Waals surface area (Å²) in [6, 6.07) is 24.4. The summed E-state index contributed by atoms with van der Waals surface area (Å²) in [4.78, 5) is 31.7. The highest BCUT2D eigenvalue weighted by atomic mass is 16.2. The Morgan fingerprint density at radius 3 is 2.51 bits per heavy atom. The summed E-state index contributed by atoms with van der Waals surface area (Å²) in [5, 5.41) is 8.98. The molecule has 0 aromatic heterocycles. The number of amides is 2. The van der Waals surface area contributed by atoms with Crippen molar-refractivity contribution in [1.29, 1.82) is 0 Å². The van der Waals surface area contributed by atoms with Crippen molar-refractivity contribution in [3.63, 3.8) is 0 Å². The van der Waals surface area contributed by atoms with E-state index in [0.717, 1.165) is 49.7 Å². The van der Waals surface area contributed by atoms with Crippen LogP contribution in [0, 0.1) is 5.92 Å². The van der Waals surface area contributed by atoms with Crippen molar-refractivity contribution in [2.45, 2.75) is 57.4 Å². The summed E-state index contributed by atoms with van der Waals surface area (Å²) in [5.74, 6) is 0.593. The Morgan fingerprint density at radius 2 is 1.73 bits per heavy atom. The van der Waals surface area contributed by atoms with Crippen LogP contribution in [0.25, 0.3) is 10.8 Å². The molecular formula is C35H46N4O2. The molecule has 2 N–H and O–H groups in total. The zero-order valence-corrected chi connectivity index (χ0v) is 24.6. The first-order valence-corrected chi connectivity index (χ1v) is 15.7. The van der Waals surface area contributed by atoms with Gasteiger partial charge in [0.15, 0.2) is 0 Å². The third kappa shape index (κ3) is 7.96. The van der Waals surface area contributed by atoms with E-state index in [4.69, 9.17) is 0 Å². The van der Waals surface area contributed by atoms with Gasteiger partial charge in [-0.2, -0.15) is 0 Å². The third-order valence-corrected chi connectivity index (χ3v) is 8.84. The van der Waals surface area contributed by atoms with Crippen molar-refractivity contribution in [1.82, 2.24) is 20.4 Å². The molecule has 6 heteroatoms. The minimum atomic E-state index is -0.184. The van der Waals surface area contributed by atoms with Gasteiger partial charge in [0.25, 0.3) is 5.91 Å². The zero-order chi connectivity index (χ0) is 28.4. The normalized spacial score (nSPS) is 21.0. The van der Waals surface area contributed by atoms with E-state index in [9.17, 15) is 9.59 Å². The van der Waals surface area contributed by atoms with Crippen LogP contribution < -0.4 is 10.6 Å². The Labute approximate surface area is 245 Å². The molecule has 6 nitrogen and oxygen atoms in total. The lowest BCUT2D eigenvalue weighted by atomic mass is 9.93. The molecule has 2 saturated heterocycles. The van der Waals surface area contributed by atoms with Crippen LogP contribution in [0.4, 0.5) is 0 Å². The fraction of sp³-hybridized carbons (Fsp3) is 0.486. The zero-order valence-electron chi connectivity index (χ0n) is 24.6. The Balaban J connectivity index is 1.27. The average molecular weight is 555 g/mol. The van der Waals surface area contributed by atoms with Crippen molar-refractivity contribution >= 4 is 22.6 Å². The highest BCUT2D eigenvalue weighted by Gasteiger charge is 2.32. The molecule has 0 aliphatic carbocycles.